The Bertz CT molecular complexity index is 268. The molecule has 2 saturated carbocycles. The van der Waals surface area contributed by atoms with Crippen molar-refractivity contribution < 1.29 is 4.79 Å². The Morgan fingerprint density at radius 2 is 2.00 bits per heavy atom. The van der Waals surface area contributed by atoms with Gasteiger partial charge in [-0.15, -0.1) is 0 Å². The van der Waals surface area contributed by atoms with Crippen molar-refractivity contribution in [2.45, 2.75) is 36.8 Å². The summed E-state index contributed by atoms with van der Waals surface area (Å²) >= 11 is 0. The van der Waals surface area contributed by atoms with Gasteiger partial charge in [0.1, 0.15) is 0 Å². The molecule has 2 amide bonds. The predicted molar refractivity (Wildman–Crippen MR) is 48.2 cm³/mol. The Morgan fingerprint density at radius 1 is 1.31 bits per heavy atom. The molecular formula is C9H15N3O. The van der Waals surface area contributed by atoms with Gasteiger partial charge < -0.3 is 16.0 Å². The standard InChI is InChI=1S/C9H15N3O/c10-7(13)12-6-8(1-2-8)11-5-9(12)3-4-9/h11H,1-6H2,(H2,10,13). The third kappa shape index (κ3) is 0.981. The van der Waals surface area contributed by atoms with Crippen LogP contribution in [0.4, 0.5) is 4.79 Å². The number of hydrogen-bond donors (Lipinski definition) is 2. The first-order valence-electron chi connectivity index (χ1n) is 4.98. The van der Waals surface area contributed by atoms with Crippen LogP contribution in [0.1, 0.15) is 25.7 Å². The number of nitrogens with zero attached hydrogens (tertiary/aromatic N) is 1. The van der Waals surface area contributed by atoms with Gasteiger partial charge >= 0.3 is 6.03 Å². The van der Waals surface area contributed by atoms with Crippen LogP contribution in [0.25, 0.3) is 0 Å². The highest BCUT2D eigenvalue weighted by Gasteiger charge is 2.59. The second-order valence-corrected chi connectivity index (χ2v) is 4.78. The lowest BCUT2D eigenvalue weighted by molar-refractivity contribution is 0.129. The minimum atomic E-state index is -0.231. The largest absolute Gasteiger partial charge is 0.351 e. The molecule has 1 heterocycles. The van der Waals surface area contributed by atoms with Crippen LogP contribution in [0.5, 0.6) is 0 Å². The molecule has 1 saturated heterocycles. The summed E-state index contributed by atoms with van der Waals surface area (Å²) in [4.78, 5) is 13.1. The molecule has 1 aliphatic heterocycles. The Labute approximate surface area is 77.5 Å². The van der Waals surface area contributed by atoms with Gasteiger partial charge in [-0.05, 0) is 25.7 Å². The molecule has 2 spiro atoms. The summed E-state index contributed by atoms with van der Waals surface area (Å²) in [7, 11) is 0. The van der Waals surface area contributed by atoms with Crippen LogP contribution in [0, 0.1) is 0 Å². The number of amides is 2. The van der Waals surface area contributed by atoms with Crippen molar-refractivity contribution in [3.8, 4) is 0 Å². The minimum Gasteiger partial charge on any atom is -0.351 e. The molecule has 0 aromatic rings. The average molecular weight is 181 g/mol. The van der Waals surface area contributed by atoms with Crippen molar-refractivity contribution in [3.05, 3.63) is 0 Å². The number of urea groups is 1. The molecule has 4 heteroatoms. The molecule has 2 aliphatic carbocycles. The Balaban J connectivity index is 1.83. The van der Waals surface area contributed by atoms with Crippen LogP contribution in [-0.2, 0) is 0 Å². The highest BCUT2D eigenvalue weighted by atomic mass is 16.2. The van der Waals surface area contributed by atoms with E-state index in [1.807, 2.05) is 4.90 Å². The summed E-state index contributed by atoms with van der Waals surface area (Å²) in [5.74, 6) is 0. The molecule has 0 aromatic heterocycles. The highest BCUT2D eigenvalue weighted by molar-refractivity contribution is 5.74. The van der Waals surface area contributed by atoms with Gasteiger partial charge in [0.15, 0.2) is 0 Å². The fourth-order valence-corrected chi connectivity index (χ4v) is 2.36. The Hall–Kier alpha value is -0.770. The first kappa shape index (κ1) is 7.62. The summed E-state index contributed by atoms with van der Waals surface area (Å²) in [6.07, 6.45) is 4.65. The molecule has 0 unspecified atom stereocenters. The third-order valence-corrected chi connectivity index (χ3v) is 3.77. The first-order chi connectivity index (χ1) is 6.16. The monoisotopic (exact) mass is 181 g/mol. The van der Waals surface area contributed by atoms with Crippen LogP contribution in [-0.4, -0.2) is 35.1 Å². The van der Waals surface area contributed by atoms with E-state index in [2.05, 4.69) is 5.32 Å². The van der Waals surface area contributed by atoms with E-state index < -0.39 is 0 Å². The maximum atomic E-state index is 11.2. The van der Waals surface area contributed by atoms with E-state index in [0.29, 0.717) is 0 Å². The maximum absolute atomic E-state index is 11.2. The van der Waals surface area contributed by atoms with Crippen LogP contribution in [0.2, 0.25) is 0 Å². The van der Waals surface area contributed by atoms with Crippen LogP contribution < -0.4 is 11.1 Å². The van der Waals surface area contributed by atoms with Gasteiger partial charge in [-0.3, -0.25) is 0 Å². The number of primary amides is 1. The van der Waals surface area contributed by atoms with Crippen molar-refractivity contribution in [1.82, 2.24) is 10.2 Å². The fraction of sp³-hybridized carbons (Fsp3) is 0.889. The molecule has 3 rings (SSSR count). The molecule has 0 aromatic carbocycles. The predicted octanol–water partition coefficient (Wildman–Crippen LogP) is 0.0355. The normalized spacial score (nSPS) is 32.2. The SMILES string of the molecule is NC(=O)N1CC2(CC2)NCC12CC2. The van der Waals surface area contributed by atoms with Crippen molar-refractivity contribution in [2.24, 2.45) is 5.73 Å². The van der Waals surface area contributed by atoms with Gasteiger partial charge in [-0.25, -0.2) is 4.79 Å². The number of hydrogen-bond acceptors (Lipinski definition) is 2. The van der Waals surface area contributed by atoms with E-state index in [9.17, 15) is 4.79 Å². The van der Waals surface area contributed by atoms with Crippen molar-refractivity contribution in [1.29, 1.82) is 0 Å². The number of rotatable bonds is 0. The summed E-state index contributed by atoms with van der Waals surface area (Å²) in [5.41, 5.74) is 5.75. The van der Waals surface area contributed by atoms with Crippen molar-refractivity contribution >= 4 is 6.03 Å². The van der Waals surface area contributed by atoms with E-state index in [1.54, 1.807) is 0 Å². The third-order valence-electron chi connectivity index (χ3n) is 3.77. The number of carbonyl (C=O) groups is 1. The summed E-state index contributed by atoms with van der Waals surface area (Å²) in [5, 5.41) is 3.56. The molecular weight excluding hydrogens is 166 g/mol. The highest BCUT2D eigenvalue weighted by Crippen LogP contribution is 2.49. The zero-order valence-electron chi connectivity index (χ0n) is 7.68. The lowest BCUT2D eigenvalue weighted by atomic mass is 10.1. The van der Waals surface area contributed by atoms with Crippen LogP contribution in [0.15, 0.2) is 0 Å². The molecule has 13 heavy (non-hydrogen) atoms. The van der Waals surface area contributed by atoms with E-state index >= 15 is 0 Å². The van der Waals surface area contributed by atoms with Crippen molar-refractivity contribution in [2.75, 3.05) is 13.1 Å². The van der Waals surface area contributed by atoms with Gasteiger partial charge in [0.05, 0.1) is 5.54 Å². The molecule has 4 nitrogen and oxygen atoms in total. The van der Waals surface area contributed by atoms with Gasteiger partial charge in [0.2, 0.25) is 0 Å². The van der Waals surface area contributed by atoms with Gasteiger partial charge in [-0.2, -0.15) is 0 Å². The summed E-state index contributed by atoms with van der Waals surface area (Å²) in [6, 6.07) is -0.231. The minimum absolute atomic E-state index is 0.111. The van der Waals surface area contributed by atoms with E-state index in [-0.39, 0.29) is 17.1 Å². The fourth-order valence-electron chi connectivity index (χ4n) is 2.36. The summed E-state index contributed by atoms with van der Waals surface area (Å²) < 4.78 is 0. The lowest BCUT2D eigenvalue weighted by Crippen LogP contribution is -2.62. The second kappa shape index (κ2) is 2.00. The van der Waals surface area contributed by atoms with Crippen molar-refractivity contribution in [3.63, 3.8) is 0 Å². The molecule has 72 valence electrons. The quantitative estimate of drug-likeness (QED) is 0.554. The molecule has 0 radical (unpaired) electrons. The zero-order valence-corrected chi connectivity index (χ0v) is 7.68. The van der Waals surface area contributed by atoms with Gasteiger partial charge in [0, 0.05) is 18.6 Å². The Kier molecular flexibility index (Phi) is 1.17. The van der Waals surface area contributed by atoms with Gasteiger partial charge in [0.25, 0.3) is 0 Å². The first-order valence-corrected chi connectivity index (χ1v) is 4.98. The zero-order chi connectivity index (χ0) is 9.10. The molecule has 3 N–H and O–H groups in total. The van der Waals surface area contributed by atoms with Crippen LogP contribution >= 0.6 is 0 Å². The van der Waals surface area contributed by atoms with E-state index in [0.717, 1.165) is 25.9 Å². The van der Waals surface area contributed by atoms with Crippen LogP contribution in [0.3, 0.4) is 0 Å². The Morgan fingerprint density at radius 3 is 2.46 bits per heavy atom. The van der Waals surface area contributed by atoms with E-state index in [4.69, 9.17) is 5.73 Å². The molecule has 3 fully saturated rings. The lowest BCUT2D eigenvalue weighted by Gasteiger charge is -2.40. The topological polar surface area (TPSA) is 58.4 Å². The number of carbonyl (C=O) groups excluding carboxylic acids is 1. The number of piperazine rings is 1. The molecule has 0 atom stereocenters. The number of nitrogens with one attached hydrogen (secondary N) is 1. The second-order valence-electron chi connectivity index (χ2n) is 4.78. The molecule has 3 aliphatic rings. The van der Waals surface area contributed by atoms with E-state index in [1.165, 1.54) is 12.8 Å². The summed E-state index contributed by atoms with van der Waals surface area (Å²) in [6.45, 7) is 1.79. The smallest absolute Gasteiger partial charge is 0.315 e. The molecule has 0 bridgehead atoms. The number of nitrogens with two attached hydrogens (primary N) is 1. The average Bonchev–Trinajstić information content (AvgIpc) is 2.92. The maximum Gasteiger partial charge on any atom is 0.315 e. The van der Waals surface area contributed by atoms with Gasteiger partial charge in [-0.1, -0.05) is 0 Å².